The maximum Gasteiger partial charge on any atom is 0.227 e. The number of hydrogen-bond donors (Lipinski definition) is 1. The van der Waals surface area contributed by atoms with E-state index in [-0.39, 0.29) is 11.8 Å². The van der Waals surface area contributed by atoms with E-state index in [4.69, 9.17) is 0 Å². The highest BCUT2D eigenvalue weighted by Crippen LogP contribution is 1.95. The normalized spacial score (nSPS) is 9.58. The van der Waals surface area contributed by atoms with Gasteiger partial charge in [-0.2, -0.15) is 0 Å². The highest BCUT2D eigenvalue weighted by atomic mass is 16.2. The van der Waals surface area contributed by atoms with E-state index in [2.05, 4.69) is 64.5 Å². The van der Waals surface area contributed by atoms with Gasteiger partial charge in [-0.05, 0) is 13.8 Å². The zero-order valence-electron chi connectivity index (χ0n) is 12.6. The Morgan fingerprint density at radius 2 is 0.947 bits per heavy atom. The minimum Gasteiger partial charge on any atom is -0.296 e. The van der Waals surface area contributed by atoms with Crippen LogP contribution in [0.15, 0.2) is 64.8 Å². The molecule has 0 bridgehead atoms. The van der Waals surface area contributed by atoms with Crippen LogP contribution in [0.1, 0.15) is 26.7 Å². The van der Waals surface area contributed by atoms with Gasteiger partial charge in [0.15, 0.2) is 0 Å². The van der Waals surface area contributed by atoms with Gasteiger partial charge >= 0.3 is 0 Å². The van der Waals surface area contributed by atoms with Crippen LogP contribution in [0.2, 0.25) is 0 Å². The van der Waals surface area contributed by atoms with E-state index >= 15 is 0 Å². The summed E-state index contributed by atoms with van der Waals surface area (Å²) in [5.74, 6) is -0.296. The molecule has 1 rings (SSSR count). The molecular formula is C16H29NO2. The summed E-state index contributed by atoms with van der Waals surface area (Å²) in [4.78, 5) is 20.2. The molecule has 0 unspecified atom stereocenters. The molecule has 110 valence electrons. The first-order chi connectivity index (χ1) is 9.02. The van der Waals surface area contributed by atoms with Crippen molar-refractivity contribution in [3.8, 4) is 0 Å². The van der Waals surface area contributed by atoms with Crippen molar-refractivity contribution >= 4 is 11.8 Å². The van der Waals surface area contributed by atoms with Crippen molar-refractivity contribution in [2.24, 2.45) is 0 Å². The molecule has 2 amide bonds. The third kappa shape index (κ3) is 64.9. The lowest BCUT2D eigenvalue weighted by Crippen LogP contribution is -2.18. The van der Waals surface area contributed by atoms with Gasteiger partial charge in [0.25, 0.3) is 0 Å². The van der Waals surface area contributed by atoms with Gasteiger partial charge in [-0.15, -0.1) is 59.2 Å². The molecule has 0 aliphatic carbocycles. The molecule has 3 heteroatoms. The molecule has 3 nitrogen and oxygen atoms in total. The Balaban J connectivity index is -0.0000000475. The van der Waals surface area contributed by atoms with Crippen LogP contribution in [-0.2, 0) is 9.59 Å². The molecule has 1 N–H and O–H groups in total. The van der Waals surface area contributed by atoms with E-state index in [1.807, 2.05) is 13.8 Å². The van der Waals surface area contributed by atoms with E-state index in [1.165, 1.54) is 5.57 Å². The van der Waals surface area contributed by atoms with Crippen LogP contribution < -0.4 is 5.32 Å². The SMILES string of the molecule is C=C.C=C.C=C.C=C.C=C(C)C.O=C1CCC(=O)N1. The van der Waals surface area contributed by atoms with Crippen LogP contribution in [-0.4, -0.2) is 11.8 Å². The molecule has 0 aromatic rings. The molecule has 0 atom stereocenters. The summed E-state index contributed by atoms with van der Waals surface area (Å²) in [6.07, 6.45) is 0.748. The zero-order valence-corrected chi connectivity index (χ0v) is 12.6. The molecule has 0 aromatic carbocycles. The van der Waals surface area contributed by atoms with Gasteiger partial charge in [0.05, 0.1) is 0 Å². The topological polar surface area (TPSA) is 46.2 Å². The quantitative estimate of drug-likeness (QED) is 0.528. The lowest BCUT2D eigenvalue weighted by molar-refractivity contribution is -0.124. The van der Waals surface area contributed by atoms with Crippen LogP contribution in [0.3, 0.4) is 0 Å². The number of imide groups is 1. The second kappa shape index (κ2) is 36.0. The van der Waals surface area contributed by atoms with E-state index in [1.54, 1.807) is 0 Å². The third-order valence-electron chi connectivity index (χ3n) is 0.858. The first kappa shape index (κ1) is 30.1. The maximum absolute atomic E-state index is 10.1. The standard InChI is InChI=1S/C4H5NO2.C4H8.4C2H4/c6-3-1-2-4(7)5-3;1-4(2)3;4*1-2/h1-2H2,(H,5,6,7);1H2,2-3H3;4*1-2H2. The summed E-state index contributed by atoms with van der Waals surface area (Å²) in [7, 11) is 0. The second-order valence-electron chi connectivity index (χ2n) is 2.68. The molecule has 0 radical (unpaired) electrons. The lowest BCUT2D eigenvalue weighted by Gasteiger charge is -1.79. The van der Waals surface area contributed by atoms with Crippen molar-refractivity contribution < 1.29 is 9.59 Å². The molecule has 0 aromatic heterocycles. The van der Waals surface area contributed by atoms with Crippen LogP contribution in [0, 0.1) is 0 Å². The van der Waals surface area contributed by atoms with E-state index in [9.17, 15) is 9.59 Å². The summed E-state index contributed by atoms with van der Waals surface area (Å²) >= 11 is 0. The molecule has 19 heavy (non-hydrogen) atoms. The number of nitrogens with one attached hydrogen (secondary N) is 1. The third-order valence-corrected chi connectivity index (χ3v) is 0.858. The van der Waals surface area contributed by atoms with Crippen molar-refractivity contribution in [2.45, 2.75) is 26.7 Å². The van der Waals surface area contributed by atoms with Crippen LogP contribution >= 0.6 is 0 Å². The van der Waals surface area contributed by atoms with Gasteiger partial charge in [0.1, 0.15) is 0 Å². The Bertz CT molecular complexity index is 209. The van der Waals surface area contributed by atoms with Crippen molar-refractivity contribution in [3.05, 3.63) is 64.8 Å². The minimum absolute atomic E-state index is 0.148. The Morgan fingerprint density at radius 1 is 0.789 bits per heavy atom. The highest BCUT2D eigenvalue weighted by molar-refractivity contribution is 6.01. The minimum atomic E-state index is -0.148. The predicted molar refractivity (Wildman–Crippen MR) is 87.9 cm³/mol. The lowest BCUT2D eigenvalue weighted by atomic mass is 10.4. The van der Waals surface area contributed by atoms with Gasteiger partial charge in [-0.3, -0.25) is 14.9 Å². The molecule has 1 saturated heterocycles. The van der Waals surface area contributed by atoms with E-state index in [0.29, 0.717) is 12.8 Å². The molecule has 1 aliphatic heterocycles. The zero-order chi connectivity index (χ0) is 16.9. The summed E-state index contributed by atoms with van der Waals surface area (Å²) in [6.45, 7) is 31.5. The first-order valence-electron chi connectivity index (χ1n) is 5.47. The Labute approximate surface area is 119 Å². The summed E-state index contributed by atoms with van der Waals surface area (Å²) in [6, 6.07) is 0. The van der Waals surface area contributed by atoms with Gasteiger partial charge in [-0.1, -0.05) is 5.57 Å². The number of carbonyl (C=O) groups excluding carboxylic acids is 2. The monoisotopic (exact) mass is 267 g/mol. The molecule has 0 spiro atoms. The highest BCUT2D eigenvalue weighted by Gasteiger charge is 2.15. The smallest absolute Gasteiger partial charge is 0.227 e. The molecule has 1 fully saturated rings. The number of allylic oxidation sites excluding steroid dienone is 1. The van der Waals surface area contributed by atoms with Gasteiger partial charge in [0.2, 0.25) is 11.8 Å². The van der Waals surface area contributed by atoms with Crippen LogP contribution in [0.5, 0.6) is 0 Å². The molecule has 1 aliphatic rings. The fraction of sp³-hybridized carbons (Fsp3) is 0.250. The summed E-state index contributed by atoms with van der Waals surface area (Å²) in [5, 5.41) is 2.14. The number of amides is 2. The van der Waals surface area contributed by atoms with Crippen LogP contribution in [0.4, 0.5) is 0 Å². The number of hydrogen-bond acceptors (Lipinski definition) is 2. The van der Waals surface area contributed by atoms with Gasteiger partial charge < -0.3 is 0 Å². The average Bonchev–Trinajstić information content (AvgIpc) is 2.82. The largest absolute Gasteiger partial charge is 0.296 e. The number of rotatable bonds is 0. The first-order valence-corrected chi connectivity index (χ1v) is 5.47. The average molecular weight is 267 g/mol. The van der Waals surface area contributed by atoms with Crippen molar-refractivity contribution in [3.63, 3.8) is 0 Å². The Morgan fingerprint density at radius 3 is 1.00 bits per heavy atom. The Kier molecular flexibility index (Phi) is 57.2. The molecule has 1 heterocycles. The van der Waals surface area contributed by atoms with Crippen molar-refractivity contribution in [1.29, 1.82) is 0 Å². The van der Waals surface area contributed by atoms with Gasteiger partial charge in [0, 0.05) is 12.8 Å². The van der Waals surface area contributed by atoms with E-state index < -0.39 is 0 Å². The fourth-order valence-corrected chi connectivity index (χ4v) is 0.508. The fourth-order valence-electron chi connectivity index (χ4n) is 0.508. The summed E-state index contributed by atoms with van der Waals surface area (Å²) in [5.41, 5.74) is 1.17. The summed E-state index contributed by atoms with van der Waals surface area (Å²) < 4.78 is 0. The van der Waals surface area contributed by atoms with Crippen LogP contribution in [0.25, 0.3) is 0 Å². The second-order valence-corrected chi connectivity index (χ2v) is 2.68. The van der Waals surface area contributed by atoms with Crippen molar-refractivity contribution in [1.82, 2.24) is 5.32 Å². The number of carbonyl (C=O) groups is 2. The van der Waals surface area contributed by atoms with Gasteiger partial charge in [-0.25, -0.2) is 0 Å². The maximum atomic E-state index is 10.1. The van der Waals surface area contributed by atoms with E-state index in [0.717, 1.165) is 0 Å². The molecular weight excluding hydrogens is 238 g/mol. The molecule has 0 saturated carbocycles. The van der Waals surface area contributed by atoms with Crippen molar-refractivity contribution in [2.75, 3.05) is 0 Å². The predicted octanol–water partition coefficient (Wildman–Crippen LogP) is 4.21. The Hall–Kier alpha value is -2.16.